The Morgan fingerprint density at radius 3 is 2.70 bits per heavy atom. The summed E-state index contributed by atoms with van der Waals surface area (Å²) in [7, 11) is 2.88. The van der Waals surface area contributed by atoms with Crippen LogP contribution in [0, 0.1) is 6.92 Å². The molecule has 3 rings (SSSR count). The number of hydrogen-bond acceptors (Lipinski definition) is 5. The van der Waals surface area contributed by atoms with E-state index in [-0.39, 0.29) is 11.7 Å². The standard InChI is InChI=1S/C17H18N2O4/c1-10-4-7-12(14(8-10)19(2)17(21)22-3)15(20)13-9-18-23-16(13)11-5-6-11/h4,7-9,11H,5-6H2,1-3H3. The minimum absolute atomic E-state index is 0.195. The van der Waals surface area contributed by atoms with E-state index in [4.69, 9.17) is 9.26 Å². The van der Waals surface area contributed by atoms with Crippen LogP contribution in [0.15, 0.2) is 28.9 Å². The van der Waals surface area contributed by atoms with Crippen molar-refractivity contribution in [2.75, 3.05) is 19.1 Å². The second kappa shape index (κ2) is 5.87. The predicted molar refractivity (Wildman–Crippen MR) is 83.9 cm³/mol. The number of nitrogens with zero attached hydrogens (tertiary/aromatic N) is 2. The Morgan fingerprint density at radius 2 is 2.04 bits per heavy atom. The minimum Gasteiger partial charge on any atom is -0.452 e. The first kappa shape index (κ1) is 15.3. The van der Waals surface area contributed by atoms with Crippen LogP contribution in [0.1, 0.15) is 46.0 Å². The Kier molecular flexibility index (Phi) is 3.90. The maximum absolute atomic E-state index is 12.9. The number of aromatic nitrogens is 1. The molecule has 0 aliphatic heterocycles. The van der Waals surface area contributed by atoms with E-state index in [9.17, 15) is 9.59 Å². The third-order valence-electron chi connectivity index (χ3n) is 4.00. The summed E-state index contributed by atoms with van der Waals surface area (Å²) in [5.41, 5.74) is 2.34. The molecule has 6 nitrogen and oxygen atoms in total. The zero-order valence-corrected chi connectivity index (χ0v) is 13.3. The number of rotatable bonds is 4. The number of amides is 1. The number of anilines is 1. The van der Waals surface area contributed by atoms with Crippen LogP contribution in [-0.4, -0.2) is 31.2 Å². The molecule has 1 saturated carbocycles. The molecule has 1 fully saturated rings. The van der Waals surface area contributed by atoms with E-state index in [0.717, 1.165) is 18.4 Å². The van der Waals surface area contributed by atoms with E-state index >= 15 is 0 Å². The fourth-order valence-electron chi connectivity index (χ4n) is 2.55. The number of aryl methyl sites for hydroxylation is 1. The van der Waals surface area contributed by atoms with Crippen molar-refractivity contribution >= 4 is 17.6 Å². The number of methoxy groups -OCH3 is 1. The lowest BCUT2D eigenvalue weighted by molar-refractivity contribution is 0.103. The summed E-state index contributed by atoms with van der Waals surface area (Å²) in [6, 6.07) is 5.34. The molecule has 1 heterocycles. The van der Waals surface area contributed by atoms with E-state index in [2.05, 4.69) is 5.16 Å². The van der Waals surface area contributed by atoms with Crippen LogP contribution in [0.25, 0.3) is 0 Å². The molecule has 0 unspecified atom stereocenters. The number of ketones is 1. The molecule has 0 saturated heterocycles. The quantitative estimate of drug-likeness (QED) is 0.810. The van der Waals surface area contributed by atoms with Gasteiger partial charge in [0.05, 0.1) is 24.6 Å². The average Bonchev–Trinajstić information content (AvgIpc) is 3.29. The number of carbonyl (C=O) groups is 2. The summed E-state index contributed by atoms with van der Waals surface area (Å²) in [6.45, 7) is 1.90. The van der Waals surface area contributed by atoms with Gasteiger partial charge in [0.2, 0.25) is 0 Å². The third kappa shape index (κ3) is 2.84. The summed E-state index contributed by atoms with van der Waals surface area (Å²) in [4.78, 5) is 26.1. The summed E-state index contributed by atoms with van der Waals surface area (Å²) in [5.74, 6) is 0.727. The second-order valence-corrected chi connectivity index (χ2v) is 5.76. The van der Waals surface area contributed by atoms with Crippen LogP contribution in [0.3, 0.4) is 0 Å². The molecule has 1 aromatic carbocycles. The number of ether oxygens (including phenoxy) is 1. The molecule has 1 aliphatic carbocycles. The van der Waals surface area contributed by atoms with Crippen LogP contribution in [0.4, 0.5) is 10.5 Å². The summed E-state index contributed by atoms with van der Waals surface area (Å²) in [5, 5.41) is 3.77. The van der Waals surface area contributed by atoms with Gasteiger partial charge in [-0.05, 0) is 37.5 Å². The zero-order chi connectivity index (χ0) is 16.6. The Morgan fingerprint density at radius 1 is 1.30 bits per heavy atom. The monoisotopic (exact) mass is 314 g/mol. The van der Waals surface area contributed by atoms with E-state index in [1.54, 1.807) is 19.2 Å². The maximum Gasteiger partial charge on any atom is 0.413 e. The van der Waals surface area contributed by atoms with Crippen molar-refractivity contribution in [3.63, 3.8) is 0 Å². The molecule has 120 valence electrons. The highest BCUT2D eigenvalue weighted by Crippen LogP contribution is 2.42. The van der Waals surface area contributed by atoms with Gasteiger partial charge < -0.3 is 9.26 Å². The molecule has 23 heavy (non-hydrogen) atoms. The van der Waals surface area contributed by atoms with Gasteiger partial charge in [0.25, 0.3) is 0 Å². The van der Waals surface area contributed by atoms with Gasteiger partial charge in [-0.25, -0.2) is 4.79 Å². The highest BCUT2D eigenvalue weighted by Gasteiger charge is 2.33. The first-order chi connectivity index (χ1) is 11.0. The van der Waals surface area contributed by atoms with Gasteiger partial charge in [-0.3, -0.25) is 9.69 Å². The Bertz CT molecular complexity index is 762. The molecule has 6 heteroatoms. The molecule has 1 amide bonds. The van der Waals surface area contributed by atoms with Crippen molar-refractivity contribution in [1.82, 2.24) is 5.16 Å². The molecule has 0 N–H and O–H groups in total. The fraction of sp³-hybridized carbons (Fsp3) is 0.353. The van der Waals surface area contributed by atoms with E-state index in [1.165, 1.54) is 18.2 Å². The van der Waals surface area contributed by atoms with Gasteiger partial charge in [-0.2, -0.15) is 0 Å². The summed E-state index contributed by atoms with van der Waals surface area (Å²) >= 11 is 0. The Balaban J connectivity index is 2.03. The molecule has 0 atom stereocenters. The predicted octanol–water partition coefficient (Wildman–Crippen LogP) is 3.29. The highest BCUT2D eigenvalue weighted by atomic mass is 16.5. The van der Waals surface area contributed by atoms with E-state index in [0.29, 0.717) is 22.6 Å². The van der Waals surface area contributed by atoms with Crippen molar-refractivity contribution in [3.05, 3.63) is 46.8 Å². The Hall–Kier alpha value is -2.63. The van der Waals surface area contributed by atoms with Crippen LogP contribution < -0.4 is 4.90 Å². The first-order valence-electron chi connectivity index (χ1n) is 7.44. The van der Waals surface area contributed by atoms with E-state index in [1.807, 2.05) is 13.0 Å². The first-order valence-corrected chi connectivity index (χ1v) is 7.44. The van der Waals surface area contributed by atoms with Gasteiger partial charge in [-0.1, -0.05) is 11.2 Å². The van der Waals surface area contributed by atoms with Crippen LogP contribution in [-0.2, 0) is 4.74 Å². The minimum atomic E-state index is -0.530. The molecule has 2 aromatic rings. The van der Waals surface area contributed by atoms with Crippen molar-refractivity contribution in [3.8, 4) is 0 Å². The fourth-order valence-corrected chi connectivity index (χ4v) is 2.55. The lowest BCUT2D eigenvalue weighted by Crippen LogP contribution is -2.27. The van der Waals surface area contributed by atoms with Crippen LogP contribution in [0.2, 0.25) is 0 Å². The molecule has 0 spiro atoms. The van der Waals surface area contributed by atoms with E-state index < -0.39 is 6.09 Å². The highest BCUT2D eigenvalue weighted by molar-refractivity contribution is 6.14. The van der Waals surface area contributed by atoms with Gasteiger partial charge >= 0.3 is 6.09 Å². The molecular weight excluding hydrogens is 296 g/mol. The largest absolute Gasteiger partial charge is 0.452 e. The van der Waals surface area contributed by atoms with Crippen LogP contribution in [0.5, 0.6) is 0 Å². The molecule has 0 bridgehead atoms. The SMILES string of the molecule is COC(=O)N(C)c1cc(C)ccc1C(=O)c1cnoc1C1CC1. The number of benzene rings is 1. The van der Waals surface area contributed by atoms with Gasteiger partial charge in [0.15, 0.2) is 11.5 Å². The summed E-state index contributed by atoms with van der Waals surface area (Å²) in [6.07, 6.45) is 2.95. The van der Waals surface area contributed by atoms with Gasteiger partial charge in [-0.15, -0.1) is 0 Å². The smallest absolute Gasteiger partial charge is 0.413 e. The number of carbonyl (C=O) groups excluding carboxylic acids is 2. The average molecular weight is 314 g/mol. The van der Waals surface area contributed by atoms with Crippen molar-refractivity contribution in [1.29, 1.82) is 0 Å². The normalized spacial score (nSPS) is 13.7. The third-order valence-corrected chi connectivity index (χ3v) is 4.00. The molecular formula is C17H18N2O4. The zero-order valence-electron chi connectivity index (χ0n) is 13.3. The van der Waals surface area contributed by atoms with Crippen LogP contribution >= 0.6 is 0 Å². The maximum atomic E-state index is 12.9. The second-order valence-electron chi connectivity index (χ2n) is 5.76. The van der Waals surface area contributed by atoms with Crippen molar-refractivity contribution < 1.29 is 18.8 Å². The van der Waals surface area contributed by atoms with Crippen molar-refractivity contribution in [2.45, 2.75) is 25.7 Å². The Labute approximate surface area is 134 Å². The van der Waals surface area contributed by atoms with Gasteiger partial charge in [0.1, 0.15) is 0 Å². The lowest BCUT2D eigenvalue weighted by atomic mass is 9.99. The van der Waals surface area contributed by atoms with Gasteiger partial charge in [0, 0.05) is 18.5 Å². The number of hydrogen-bond donors (Lipinski definition) is 0. The topological polar surface area (TPSA) is 72.6 Å². The molecule has 1 aromatic heterocycles. The summed E-state index contributed by atoms with van der Waals surface area (Å²) < 4.78 is 10.00. The van der Waals surface area contributed by atoms with Crippen molar-refractivity contribution in [2.24, 2.45) is 0 Å². The molecule has 1 aliphatic rings. The lowest BCUT2D eigenvalue weighted by Gasteiger charge is -2.19. The molecule has 0 radical (unpaired) electrons.